The summed E-state index contributed by atoms with van der Waals surface area (Å²) in [5.41, 5.74) is 2.96. The first-order valence-electron chi connectivity index (χ1n) is 7.48. The van der Waals surface area contributed by atoms with Gasteiger partial charge in [0.1, 0.15) is 11.5 Å². The van der Waals surface area contributed by atoms with Crippen LogP contribution in [0.2, 0.25) is 0 Å². The van der Waals surface area contributed by atoms with E-state index in [1.165, 1.54) is 0 Å². The maximum absolute atomic E-state index is 12.9. The van der Waals surface area contributed by atoms with Gasteiger partial charge in [-0.2, -0.15) is 5.10 Å². The number of pyridine rings is 1. The summed E-state index contributed by atoms with van der Waals surface area (Å²) in [4.78, 5) is 19.1. The van der Waals surface area contributed by atoms with Gasteiger partial charge in [-0.25, -0.2) is 4.98 Å². The molecule has 0 spiro atoms. The van der Waals surface area contributed by atoms with Gasteiger partial charge in [-0.3, -0.25) is 9.48 Å². The fourth-order valence-corrected chi connectivity index (χ4v) is 2.82. The van der Waals surface area contributed by atoms with Gasteiger partial charge in [0.05, 0.1) is 23.2 Å². The van der Waals surface area contributed by atoms with E-state index in [0.29, 0.717) is 12.1 Å². The molecule has 3 aromatic rings. The van der Waals surface area contributed by atoms with Crippen LogP contribution in [0.1, 0.15) is 33.3 Å². The summed E-state index contributed by atoms with van der Waals surface area (Å²) in [6.45, 7) is 6.09. The zero-order valence-electron chi connectivity index (χ0n) is 14.0. The smallest absolute Gasteiger partial charge is 0.254 e. The molecule has 120 valence electrons. The van der Waals surface area contributed by atoms with Crippen LogP contribution in [-0.2, 0) is 13.6 Å². The molecule has 0 aliphatic rings. The van der Waals surface area contributed by atoms with Gasteiger partial charge in [-0.15, -0.1) is 0 Å². The van der Waals surface area contributed by atoms with Crippen LogP contribution in [0.5, 0.6) is 0 Å². The minimum absolute atomic E-state index is 0.0642. The number of hydrogen-bond acceptors (Lipinski definition) is 4. The maximum atomic E-state index is 12.9. The Morgan fingerprint density at radius 2 is 2.04 bits per heavy atom. The van der Waals surface area contributed by atoms with Crippen molar-refractivity contribution in [2.75, 3.05) is 7.05 Å². The highest BCUT2D eigenvalue weighted by molar-refractivity contribution is 6.06. The monoisotopic (exact) mass is 312 g/mol. The van der Waals surface area contributed by atoms with Gasteiger partial charge in [-0.1, -0.05) is 0 Å². The summed E-state index contributed by atoms with van der Waals surface area (Å²) in [6.07, 6.45) is 0. The third-order valence-corrected chi connectivity index (χ3v) is 3.86. The molecule has 3 rings (SSSR count). The molecule has 0 saturated carbocycles. The second-order valence-corrected chi connectivity index (χ2v) is 5.89. The summed E-state index contributed by atoms with van der Waals surface area (Å²) in [5.74, 6) is 1.54. The second kappa shape index (κ2) is 5.53. The molecular formula is C17H20N4O2. The van der Waals surface area contributed by atoms with E-state index in [-0.39, 0.29) is 5.91 Å². The van der Waals surface area contributed by atoms with Crippen LogP contribution in [0.15, 0.2) is 22.6 Å². The van der Waals surface area contributed by atoms with Crippen LogP contribution >= 0.6 is 0 Å². The number of amides is 1. The Morgan fingerprint density at radius 3 is 2.70 bits per heavy atom. The highest BCUT2D eigenvalue weighted by Gasteiger charge is 2.21. The molecule has 6 nitrogen and oxygen atoms in total. The van der Waals surface area contributed by atoms with Crippen LogP contribution in [0.3, 0.4) is 0 Å². The van der Waals surface area contributed by atoms with Crippen LogP contribution in [0, 0.1) is 20.8 Å². The normalized spacial score (nSPS) is 11.2. The maximum Gasteiger partial charge on any atom is 0.254 e. The van der Waals surface area contributed by atoms with Crippen LogP contribution < -0.4 is 0 Å². The van der Waals surface area contributed by atoms with E-state index in [1.807, 2.05) is 46.0 Å². The lowest BCUT2D eigenvalue weighted by Gasteiger charge is -2.17. The molecule has 0 radical (unpaired) electrons. The van der Waals surface area contributed by atoms with Crippen molar-refractivity contribution in [3.05, 3.63) is 46.7 Å². The molecule has 0 saturated heterocycles. The molecule has 6 heteroatoms. The Balaban J connectivity index is 2.00. The first-order chi connectivity index (χ1) is 10.9. The summed E-state index contributed by atoms with van der Waals surface area (Å²) >= 11 is 0. The lowest BCUT2D eigenvalue weighted by atomic mass is 10.1. The first kappa shape index (κ1) is 15.3. The molecule has 0 aromatic carbocycles. The van der Waals surface area contributed by atoms with Gasteiger partial charge >= 0.3 is 0 Å². The fourth-order valence-electron chi connectivity index (χ4n) is 2.82. The van der Waals surface area contributed by atoms with Crippen molar-refractivity contribution in [2.24, 2.45) is 7.05 Å². The van der Waals surface area contributed by atoms with E-state index in [0.717, 1.165) is 33.9 Å². The number of carbonyl (C=O) groups excluding carboxylic acids is 1. The SMILES string of the molecule is Cc1cc(C(=O)N(C)Cc2ccc(C)o2)c2c(C)nn(C)c2n1. The summed E-state index contributed by atoms with van der Waals surface area (Å²) < 4.78 is 7.27. The average Bonchev–Trinajstić information content (AvgIpc) is 3.01. The second-order valence-electron chi connectivity index (χ2n) is 5.89. The average molecular weight is 312 g/mol. The number of nitrogens with zero attached hydrogens (tertiary/aromatic N) is 4. The molecule has 0 N–H and O–H groups in total. The lowest BCUT2D eigenvalue weighted by molar-refractivity contribution is 0.0776. The van der Waals surface area contributed by atoms with Crippen molar-refractivity contribution < 1.29 is 9.21 Å². The quantitative estimate of drug-likeness (QED) is 0.746. The van der Waals surface area contributed by atoms with E-state index in [4.69, 9.17) is 4.42 Å². The molecule has 0 bridgehead atoms. The third-order valence-electron chi connectivity index (χ3n) is 3.86. The summed E-state index contributed by atoms with van der Waals surface area (Å²) in [5, 5.41) is 5.20. The lowest BCUT2D eigenvalue weighted by Crippen LogP contribution is -2.26. The number of carbonyl (C=O) groups is 1. The van der Waals surface area contributed by atoms with E-state index < -0.39 is 0 Å². The zero-order chi connectivity index (χ0) is 16.7. The first-order valence-corrected chi connectivity index (χ1v) is 7.48. The minimum atomic E-state index is -0.0642. The molecule has 0 aliphatic heterocycles. The van der Waals surface area contributed by atoms with Crippen molar-refractivity contribution in [1.29, 1.82) is 0 Å². The number of aryl methyl sites for hydroxylation is 4. The molecule has 0 atom stereocenters. The van der Waals surface area contributed by atoms with Gasteiger partial charge in [0.25, 0.3) is 5.91 Å². The standard InChI is InChI=1S/C17H20N4O2/c1-10-8-14(15-12(3)19-21(5)16(15)18-10)17(22)20(4)9-13-7-6-11(2)23-13/h6-8H,9H2,1-5H3. The number of rotatable bonds is 3. The molecule has 23 heavy (non-hydrogen) atoms. The zero-order valence-corrected chi connectivity index (χ0v) is 14.0. The fraction of sp³-hybridized carbons (Fsp3) is 0.353. The highest BCUT2D eigenvalue weighted by Crippen LogP contribution is 2.23. The largest absolute Gasteiger partial charge is 0.464 e. The van der Waals surface area contributed by atoms with Gasteiger partial charge in [0.15, 0.2) is 5.65 Å². The Kier molecular flexibility index (Phi) is 3.67. The highest BCUT2D eigenvalue weighted by atomic mass is 16.3. The Labute approximate surface area is 134 Å². The van der Waals surface area contributed by atoms with E-state index >= 15 is 0 Å². The minimum Gasteiger partial charge on any atom is -0.464 e. The summed E-state index contributed by atoms with van der Waals surface area (Å²) in [7, 11) is 3.61. The van der Waals surface area contributed by atoms with Gasteiger partial charge in [0, 0.05) is 19.8 Å². The van der Waals surface area contributed by atoms with Crippen molar-refractivity contribution in [1.82, 2.24) is 19.7 Å². The molecule has 0 aliphatic carbocycles. The topological polar surface area (TPSA) is 64.2 Å². The molecular weight excluding hydrogens is 292 g/mol. The molecule has 3 heterocycles. The van der Waals surface area contributed by atoms with Crippen LogP contribution in [-0.4, -0.2) is 32.6 Å². The van der Waals surface area contributed by atoms with E-state index in [9.17, 15) is 4.79 Å². The van der Waals surface area contributed by atoms with E-state index in [1.54, 1.807) is 16.6 Å². The number of furan rings is 1. The van der Waals surface area contributed by atoms with Gasteiger partial charge in [-0.05, 0) is 39.0 Å². The third kappa shape index (κ3) is 2.72. The van der Waals surface area contributed by atoms with Crippen LogP contribution in [0.25, 0.3) is 11.0 Å². The number of aromatic nitrogens is 3. The molecule has 0 unspecified atom stereocenters. The van der Waals surface area contributed by atoms with Gasteiger partial charge in [0.2, 0.25) is 0 Å². The van der Waals surface area contributed by atoms with E-state index in [2.05, 4.69) is 10.1 Å². The van der Waals surface area contributed by atoms with Crippen molar-refractivity contribution in [3.8, 4) is 0 Å². The molecule has 0 fully saturated rings. The Hall–Kier alpha value is -2.63. The Morgan fingerprint density at radius 1 is 1.30 bits per heavy atom. The summed E-state index contributed by atoms with van der Waals surface area (Å²) in [6, 6.07) is 5.61. The molecule has 1 amide bonds. The van der Waals surface area contributed by atoms with Crippen molar-refractivity contribution in [3.63, 3.8) is 0 Å². The predicted molar refractivity (Wildman–Crippen MR) is 87.2 cm³/mol. The molecule has 3 aromatic heterocycles. The van der Waals surface area contributed by atoms with Crippen molar-refractivity contribution in [2.45, 2.75) is 27.3 Å². The van der Waals surface area contributed by atoms with Crippen molar-refractivity contribution >= 4 is 16.9 Å². The van der Waals surface area contributed by atoms with Gasteiger partial charge < -0.3 is 9.32 Å². The number of fused-ring (bicyclic) bond motifs is 1. The predicted octanol–water partition coefficient (Wildman–Crippen LogP) is 2.76. The number of hydrogen-bond donors (Lipinski definition) is 0. The Bertz CT molecular complexity index is 892. The van der Waals surface area contributed by atoms with Crippen LogP contribution in [0.4, 0.5) is 0 Å².